The lowest BCUT2D eigenvalue weighted by molar-refractivity contribution is -0.0988. The molecule has 164 valence electrons. The smallest absolute Gasteiger partial charge is 0.0843 e. The highest BCUT2D eigenvalue weighted by atomic mass is 32.1. The normalized spacial score (nSPS) is 40.0. The zero-order valence-electron chi connectivity index (χ0n) is 19.1. The van der Waals surface area contributed by atoms with Crippen LogP contribution in [-0.4, -0.2) is 52.5 Å². The second kappa shape index (κ2) is 7.28. The van der Waals surface area contributed by atoms with Crippen molar-refractivity contribution in [2.24, 2.45) is 16.6 Å². The maximum Gasteiger partial charge on any atom is 0.0843 e. The number of piperidine rings is 3. The van der Waals surface area contributed by atoms with Crippen molar-refractivity contribution in [3.8, 4) is 0 Å². The molecule has 0 radical (unpaired) electrons. The van der Waals surface area contributed by atoms with Gasteiger partial charge in [-0.3, -0.25) is 4.90 Å². The first-order valence-corrected chi connectivity index (χ1v) is 12.6. The maximum atomic E-state index is 6.45. The summed E-state index contributed by atoms with van der Waals surface area (Å²) in [5.74, 6) is 0. The van der Waals surface area contributed by atoms with Gasteiger partial charge in [-0.25, -0.2) is 0 Å². The van der Waals surface area contributed by atoms with E-state index >= 15 is 0 Å². The number of rotatable bonds is 4. The Morgan fingerprint density at radius 3 is 2.37 bits per heavy atom. The molecule has 4 heteroatoms. The van der Waals surface area contributed by atoms with Gasteiger partial charge in [-0.1, -0.05) is 63.3 Å². The van der Waals surface area contributed by atoms with Crippen LogP contribution in [0.1, 0.15) is 71.3 Å². The van der Waals surface area contributed by atoms with Crippen molar-refractivity contribution < 1.29 is 0 Å². The van der Waals surface area contributed by atoms with Crippen LogP contribution in [0.2, 0.25) is 0 Å². The van der Waals surface area contributed by atoms with Gasteiger partial charge >= 0.3 is 0 Å². The lowest BCUT2D eigenvalue weighted by Gasteiger charge is -2.67. The third-order valence-corrected chi connectivity index (χ3v) is 9.73. The standard InChI is InChI=1S/C26H39N3S/c1-4-11-29-20-13-25(19-8-6-5-7-9-19)14-21(29)16-26(15-20,17-25)23(30)28-12-10-22(27)24(2,3)18-28/h5-9,20-22H,4,10-18,27H2,1-3H3/t20?,21?,22-,25?,26?/m0/s1. The van der Waals surface area contributed by atoms with E-state index in [1.165, 1.54) is 50.1 Å². The van der Waals surface area contributed by atoms with E-state index in [9.17, 15) is 0 Å². The average Bonchev–Trinajstić information content (AvgIpc) is 2.72. The largest absolute Gasteiger partial charge is 0.365 e. The minimum atomic E-state index is 0.135. The molecule has 2 aliphatic carbocycles. The zero-order chi connectivity index (χ0) is 21.1. The number of nitrogens with zero attached hydrogens (tertiary/aromatic N) is 2. The molecule has 0 aromatic heterocycles. The quantitative estimate of drug-likeness (QED) is 0.707. The van der Waals surface area contributed by atoms with Gasteiger partial charge in [-0.05, 0) is 67.9 Å². The molecule has 3 atom stereocenters. The minimum Gasteiger partial charge on any atom is -0.365 e. The van der Waals surface area contributed by atoms with Crippen LogP contribution in [0.3, 0.4) is 0 Å². The second-order valence-electron chi connectivity index (χ2n) is 11.6. The Bertz CT molecular complexity index is 788. The van der Waals surface area contributed by atoms with Crippen molar-refractivity contribution in [3.05, 3.63) is 35.9 Å². The van der Waals surface area contributed by atoms with Gasteiger partial charge in [0.2, 0.25) is 0 Å². The molecule has 3 heterocycles. The highest BCUT2D eigenvalue weighted by molar-refractivity contribution is 7.80. The molecular formula is C26H39N3S. The molecule has 6 rings (SSSR count). The molecule has 2 unspecified atom stereocenters. The highest BCUT2D eigenvalue weighted by Crippen LogP contribution is 2.63. The van der Waals surface area contributed by atoms with Crippen LogP contribution in [0.25, 0.3) is 0 Å². The van der Waals surface area contributed by atoms with Crippen LogP contribution in [0.4, 0.5) is 0 Å². The van der Waals surface area contributed by atoms with E-state index < -0.39 is 0 Å². The topological polar surface area (TPSA) is 32.5 Å². The summed E-state index contributed by atoms with van der Waals surface area (Å²) >= 11 is 6.38. The Hall–Kier alpha value is -0.970. The fraction of sp³-hybridized carbons (Fsp3) is 0.731. The number of benzene rings is 1. The average molecular weight is 426 g/mol. The van der Waals surface area contributed by atoms with Crippen molar-refractivity contribution in [2.75, 3.05) is 19.6 Å². The molecule has 0 amide bonds. The fourth-order valence-corrected chi connectivity index (χ4v) is 8.10. The van der Waals surface area contributed by atoms with Gasteiger partial charge in [0.15, 0.2) is 0 Å². The van der Waals surface area contributed by atoms with Gasteiger partial charge in [-0.2, -0.15) is 0 Å². The van der Waals surface area contributed by atoms with Crippen LogP contribution in [0, 0.1) is 10.8 Å². The number of thiocarbonyl (C=S) groups is 1. The van der Waals surface area contributed by atoms with Gasteiger partial charge in [-0.15, -0.1) is 0 Å². The summed E-state index contributed by atoms with van der Waals surface area (Å²) in [5, 5.41) is 0. The number of hydrogen-bond acceptors (Lipinski definition) is 3. The number of nitrogens with two attached hydrogens (primary N) is 1. The lowest BCUT2D eigenvalue weighted by atomic mass is 9.47. The Morgan fingerprint density at radius 2 is 1.77 bits per heavy atom. The minimum absolute atomic E-state index is 0.135. The van der Waals surface area contributed by atoms with Crippen molar-refractivity contribution in [1.29, 1.82) is 0 Å². The predicted molar refractivity (Wildman–Crippen MR) is 129 cm³/mol. The van der Waals surface area contributed by atoms with Crippen LogP contribution in [0.15, 0.2) is 30.3 Å². The summed E-state index contributed by atoms with van der Waals surface area (Å²) in [6.07, 6.45) is 8.71. The summed E-state index contributed by atoms with van der Waals surface area (Å²) in [6, 6.07) is 13.0. The number of hydrogen-bond donors (Lipinski definition) is 1. The molecule has 3 saturated heterocycles. The van der Waals surface area contributed by atoms with Gasteiger partial charge in [0.1, 0.15) is 0 Å². The fourth-order valence-electron chi connectivity index (χ4n) is 7.70. The van der Waals surface area contributed by atoms with Crippen LogP contribution >= 0.6 is 12.2 Å². The van der Waals surface area contributed by atoms with E-state index in [2.05, 4.69) is 60.9 Å². The van der Waals surface area contributed by atoms with Crippen molar-refractivity contribution in [2.45, 2.75) is 89.3 Å². The maximum absolute atomic E-state index is 6.45. The molecule has 3 aliphatic heterocycles. The Balaban J connectivity index is 1.49. The zero-order valence-corrected chi connectivity index (χ0v) is 19.9. The first-order valence-electron chi connectivity index (χ1n) is 12.1. The van der Waals surface area contributed by atoms with E-state index in [0.29, 0.717) is 17.5 Å². The van der Waals surface area contributed by atoms with Crippen molar-refractivity contribution in [3.63, 3.8) is 0 Å². The molecule has 3 nitrogen and oxygen atoms in total. The van der Waals surface area contributed by atoms with Crippen molar-refractivity contribution >= 4 is 17.2 Å². The molecule has 1 aromatic carbocycles. The Labute approximate surface area is 188 Å². The van der Waals surface area contributed by atoms with E-state index in [1.54, 1.807) is 5.56 Å². The summed E-state index contributed by atoms with van der Waals surface area (Å²) in [6.45, 7) is 10.3. The van der Waals surface area contributed by atoms with Gasteiger partial charge in [0, 0.05) is 36.6 Å². The van der Waals surface area contributed by atoms with Crippen molar-refractivity contribution in [1.82, 2.24) is 9.80 Å². The monoisotopic (exact) mass is 425 g/mol. The molecule has 5 fully saturated rings. The SMILES string of the molecule is CCCN1C2CC3(C(=S)N4CC[C@H](N)C(C)(C)C4)CC1CC(c1ccccc1)(C2)C3. The summed E-state index contributed by atoms with van der Waals surface area (Å²) in [5.41, 5.74) is 8.65. The third kappa shape index (κ3) is 3.17. The molecule has 2 N–H and O–H groups in total. The van der Waals surface area contributed by atoms with E-state index in [1.807, 2.05) is 0 Å². The highest BCUT2D eigenvalue weighted by Gasteiger charge is 2.62. The molecule has 4 bridgehead atoms. The van der Waals surface area contributed by atoms with Gasteiger partial charge in [0.05, 0.1) is 4.99 Å². The van der Waals surface area contributed by atoms with E-state index in [0.717, 1.165) is 19.5 Å². The van der Waals surface area contributed by atoms with Crippen LogP contribution in [0.5, 0.6) is 0 Å². The molecule has 2 saturated carbocycles. The summed E-state index contributed by atoms with van der Waals surface area (Å²) in [7, 11) is 0. The Kier molecular flexibility index (Phi) is 5.07. The van der Waals surface area contributed by atoms with E-state index in [4.69, 9.17) is 18.0 Å². The first kappa shape index (κ1) is 20.9. The van der Waals surface area contributed by atoms with Crippen LogP contribution < -0.4 is 5.73 Å². The van der Waals surface area contributed by atoms with Gasteiger partial charge in [0.25, 0.3) is 0 Å². The Morgan fingerprint density at radius 1 is 1.10 bits per heavy atom. The second-order valence-corrected chi connectivity index (χ2v) is 12.0. The molecule has 1 aromatic rings. The van der Waals surface area contributed by atoms with Gasteiger partial charge < -0.3 is 10.6 Å². The summed E-state index contributed by atoms with van der Waals surface area (Å²) in [4.78, 5) is 6.69. The van der Waals surface area contributed by atoms with E-state index in [-0.39, 0.29) is 16.9 Å². The first-order chi connectivity index (χ1) is 14.3. The van der Waals surface area contributed by atoms with Crippen LogP contribution in [-0.2, 0) is 5.41 Å². The molecular weight excluding hydrogens is 386 g/mol. The third-order valence-electron chi connectivity index (χ3n) is 9.04. The molecule has 5 aliphatic rings. The predicted octanol–water partition coefficient (Wildman–Crippen LogP) is 4.74. The summed E-state index contributed by atoms with van der Waals surface area (Å²) < 4.78 is 0. The molecule has 0 spiro atoms. The lowest BCUT2D eigenvalue weighted by Crippen LogP contribution is -2.70. The molecule has 30 heavy (non-hydrogen) atoms. The number of likely N-dealkylation sites (tertiary alicyclic amines) is 1.